The first-order valence-corrected chi connectivity index (χ1v) is 6.68. The predicted octanol–water partition coefficient (Wildman–Crippen LogP) is 1.36. The molecule has 1 heterocycles. The molecule has 110 valence electrons. The van der Waals surface area contributed by atoms with Crippen LogP contribution < -0.4 is 16.0 Å². The fourth-order valence-corrected chi connectivity index (χ4v) is 2.38. The van der Waals surface area contributed by atoms with Crippen LogP contribution in [0.3, 0.4) is 0 Å². The number of carbonyl (C=O) groups is 3. The van der Waals surface area contributed by atoms with Crippen LogP contribution in [0.25, 0.3) is 0 Å². The molecule has 22 heavy (non-hydrogen) atoms. The molecule has 3 rings (SSSR count). The van der Waals surface area contributed by atoms with Gasteiger partial charge in [0, 0.05) is 5.69 Å². The Bertz CT molecular complexity index is 731. The lowest BCUT2D eigenvalue weighted by atomic mass is 9.89. The van der Waals surface area contributed by atoms with Crippen molar-refractivity contribution >= 4 is 23.5 Å². The van der Waals surface area contributed by atoms with Crippen molar-refractivity contribution < 1.29 is 14.4 Å². The lowest BCUT2D eigenvalue weighted by Gasteiger charge is -2.25. The third-order valence-corrected chi connectivity index (χ3v) is 3.45. The van der Waals surface area contributed by atoms with E-state index in [1.807, 2.05) is 6.07 Å². The van der Waals surface area contributed by atoms with Gasteiger partial charge in [0.2, 0.25) is 5.54 Å². The zero-order chi connectivity index (χ0) is 15.6. The molecular weight excluding hydrogens is 282 g/mol. The summed E-state index contributed by atoms with van der Waals surface area (Å²) in [5.74, 6) is -1.31. The number of nitrogens with one attached hydrogen (secondary N) is 3. The standard InChI is InChI=1S/C16H13N3O3/c20-13(17-12-9-5-2-6-10-12)16(11-7-3-1-4-8-11)14(21)18-15(22)19-16/h1-10H,(H,17,20)(H2,18,19,21,22). The van der Waals surface area contributed by atoms with Gasteiger partial charge < -0.3 is 10.6 Å². The Hall–Kier alpha value is -3.15. The minimum absolute atomic E-state index is 0.395. The van der Waals surface area contributed by atoms with Crippen LogP contribution in [-0.2, 0) is 15.1 Å². The summed E-state index contributed by atoms with van der Waals surface area (Å²) >= 11 is 0. The molecule has 1 unspecified atom stereocenters. The zero-order valence-electron chi connectivity index (χ0n) is 11.5. The molecule has 0 radical (unpaired) electrons. The van der Waals surface area contributed by atoms with E-state index in [4.69, 9.17) is 0 Å². The molecule has 0 aliphatic carbocycles. The van der Waals surface area contributed by atoms with E-state index in [1.165, 1.54) is 0 Å². The zero-order valence-corrected chi connectivity index (χ0v) is 11.5. The van der Waals surface area contributed by atoms with E-state index >= 15 is 0 Å². The van der Waals surface area contributed by atoms with Crippen molar-refractivity contribution in [3.05, 3.63) is 66.2 Å². The summed E-state index contributed by atoms with van der Waals surface area (Å²) in [5, 5.41) is 7.22. The van der Waals surface area contributed by atoms with Gasteiger partial charge in [-0.2, -0.15) is 0 Å². The van der Waals surface area contributed by atoms with Crippen molar-refractivity contribution in [2.75, 3.05) is 5.32 Å². The fraction of sp³-hybridized carbons (Fsp3) is 0.0625. The maximum atomic E-state index is 12.7. The van der Waals surface area contributed by atoms with E-state index in [2.05, 4.69) is 16.0 Å². The normalized spacial score (nSPS) is 20.2. The number of para-hydroxylation sites is 1. The molecule has 4 amide bonds. The number of anilines is 1. The van der Waals surface area contributed by atoms with Gasteiger partial charge in [0.25, 0.3) is 11.8 Å². The molecule has 1 saturated heterocycles. The first kappa shape index (κ1) is 13.8. The van der Waals surface area contributed by atoms with E-state index in [1.54, 1.807) is 54.6 Å². The molecule has 1 aliphatic rings. The van der Waals surface area contributed by atoms with Gasteiger partial charge in [0.05, 0.1) is 0 Å². The topological polar surface area (TPSA) is 87.3 Å². The van der Waals surface area contributed by atoms with Crippen LogP contribution in [0.15, 0.2) is 60.7 Å². The first-order chi connectivity index (χ1) is 10.6. The summed E-state index contributed by atoms with van der Waals surface area (Å²) in [6.07, 6.45) is 0. The summed E-state index contributed by atoms with van der Waals surface area (Å²) in [6, 6.07) is 16.4. The quantitative estimate of drug-likeness (QED) is 0.590. The minimum atomic E-state index is -1.77. The average Bonchev–Trinajstić information content (AvgIpc) is 2.85. The average molecular weight is 295 g/mol. The Morgan fingerprint density at radius 2 is 1.50 bits per heavy atom. The maximum absolute atomic E-state index is 12.7. The number of urea groups is 1. The molecule has 1 atom stereocenters. The Kier molecular flexibility index (Phi) is 3.34. The van der Waals surface area contributed by atoms with Gasteiger partial charge in [-0.05, 0) is 17.7 Å². The van der Waals surface area contributed by atoms with Crippen molar-refractivity contribution in [1.82, 2.24) is 10.6 Å². The predicted molar refractivity (Wildman–Crippen MR) is 79.9 cm³/mol. The highest BCUT2D eigenvalue weighted by Gasteiger charge is 2.54. The van der Waals surface area contributed by atoms with Gasteiger partial charge in [0.1, 0.15) is 0 Å². The summed E-state index contributed by atoms with van der Waals surface area (Å²) < 4.78 is 0. The number of hydrogen-bond acceptors (Lipinski definition) is 3. The fourth-order valence-electron chi connectivity index (χ4n) is 2.38. The van der Waals surface area contributed by atoms with E-state index in [0.717, 1.165) is 0 Å². The summed E-state index contributed by atoms with van der Waals surface area (Å²) in [6.45, 7) is 0. The van der Waals surface area contributed by atoms with E-state index in [9.17, 15) is 14.4 Å². The Morgan fingerprint density at radius 1 is 0.909 bits per heavy atom. The Morgan fingerprint density at radius 3 is 2.05 bits per heavy atom. The summed E-state index contributed by atoms with van der Waals surface area (Å²) in [7, 11) is 0. The number of amides is 4. The van der Waals surface area contributed by atoms with Crippen LogP contribution in [0.5, 0.6) is 0 Å². The number of imide groups is 1. The number of carbonyl (C=O) groups excluding carboxylic acids is 3. The third kappa shape index (κ3) is 2.20. The molecule has 3 N–H and O–H groups in total. The Balaban J connectivity index is 2.02. The lowest BCUT2D eigenvalue weighted by Crippen LogP contribution is -2.53. The van der Waals surface area contributed by atoms with Gasteiger partial charge >= 0.3 is 6.03 Å². The molecule has 0 saturated carbocycles. The first-order valence-electron chi connectivity index (χ1n) is 6.68. The van der Waals surface area contributed by atoms with Gasteiger partial charge in [-0.3, -0.25) is 14.9 Å². The molecule has 2 aromatic rings. The highest BCUT2D eigenvalue weighted by molar-refractivity contribution is 6.23. The van der Waals surface area contributed by atoms with Crippen LogP contribution in [0.1, 0.15) is 5.56 Å². The molecule has 2 aromatic carbocycles. The maximum Gasteiger partial charge on any atom is 0.323 e. The van der Waals surface area contributed by atoms with Crippen LogP contribution in [0.4, 0.5) is 10.5 Å². The van der Waals surface area contributed by atoms with Gasteiger partial charge in [-0.15, -0.1) is 0 Å². The molecule has 0 spiro atoms. The van der Waals surface area contributed by atoms with Crippen molar-refractivity contribution in [3.8, 4) is 0 Å². The second kappa shape index (κ2) is 5.33. The highest BCUT2D eigenvalue weighted by atomic mass is 16.2. The van der Waals surface area contributed by atoms with E-state index in [0.29, 0.717) is 11.3 Å². The molecule has 6 heteroatoms. The van der Waals surface area contributed by atoms with Gasteiger partial charge in [-0.1, -0.05) is 48.5 Å². The van der Waals surface area contributed by atoms with E-state index < -0.39 is 23.4 Å². The lowest BCUT2D eigenvalue weighted by molar-refractivity contribution is -0.133. The second-order valence-corrected chi connectivity index (χ2v) is 4.84. The number of benzene rings is 2. The number of rotatable bonds is 3. The van der Waals surface area contributed by atoms with Crippen molar-refractivity contribution in [2.24, 2.45) is 0 Å². The molecule has 0 aromatic heterocycles. The molecule has 1 fully saturated rings. The van der Waals surface area contributed by atoms with Crippen molar-refractivity contribution in [2.45, 2.75) is 5.54 Å². The van der Waals surface area contributed by atoms with Crippen molar-refractivity contribution in [3.63, 3.8) is 0 Å². The Labute approximate surface area is 126 Å². The van der Waals surface area contributed by atoms with Crippen LogP contribution >= 0.6 is 0 Å². The monoisotopic (exact) mass is 295 g/mol. The molecule has 6 nitrogen and oxygen atoms in total. The third-order valence-electron chi connectivity index (χ3n) is 3.45. The summed E-state index contributed by atoms with van der Waals surface area (Å²) in [4.78, 5) is 36.6. The smallest absolute Gasteiger partial charge is 0.323 e. The van der Waals surface area contributed by atoms with Crippen LogP contribution in [0.2, 0.25) is 0 Å². The summed E-state index contributed by atoms with van der Waals surface area (Å²) in [5.41, 5.74) is -0.836. The molecule has 1 aliphatic heterocycles. The van der Waals surface area contributed by atoms with E-state index in [-0.39, 0.29) is 0 Å². The van der Waals surface area contributed by atoms with Crippen molar-refractivity contribution in [1.29, 1.82) is 0 Å². The van der Waals surface area contributed by atoms with Gasteiger partial charge in [-0.25, -0.2) is 4.79 Å². The molecular formula is C16H13N3O3. The SMILES string of the molecule is O=C1NC(=O)C(C(=O)Nc2ccccc2)(c2ccccc2)N1. The number of hydrogen-bond donors (Lipinski definition) is 3. The minimum Gasteiger partial charge on any atom is -0.323 e. The molecule has 0 bridgehead atoms. The van der Waals surface area contributed by atoms with Crippen LogP contribution in [-0.4, -0.2) is 17.8 Å². The van der Waals surface area contributed by atoms with Crippen LogP contribution in [0, 0.1) is 0 Å². The van der Waals surface area contributed by atoms with Gasteiger partial charge in [0.15, 0.2) is 0 Å². The second-order valence-electron chi connectivity index (χ2n) is 4.84. The largest absolute Gasteiger partial charge is 0.323 e. The highest BCUT2D eigenvalue weighted by Crippen LogP contribution is 2.26.